The number of hydrogen-bond donors (Lipinski definition) is 3. The molecule has 0 saturated carbocycles. The smallest absolute Gasteiger partial charge is 0.250 e. The molecule has 0 aliphatic rings. The summed E-state index contributed by atoms with van der Waals surface area (Å²) in [5.74, 6) is 0.642. The molecule has 0 spiro atoms. The lowest BCUT2D eigenvalue weighted by Gasteiger charge is -2.11. The zero-order valence-electron chi connectivity index (χ0n) is 14.9. The Bertz CT molecular complexity index is 784. The second-order valence-corrected chi connectivity index (χ2v) is 9.43. The van der Waals surface area contributed by atoms with E-state index in [0.29, 0.717) is 23.3 Å². The summed E-state index contributed by atoms with van der Waals surface area (Å²) in [5, 5.41) is 8.97. The number of thiophene rings is 1. The van der Waals surface area contributed by atoms with Gasteiger partial charge in [0.2, 0.25) is 10.0 Å². The van der Waals surface area contributed by atoms with Crippen molar-refractivity contribution in [1.82, 2.24) is 20.3 Å². The van der Waals surface area contributed by atoms with Gasteiger partial charge in [0.1, 0.15) is 9.22 Å². The van der Waals surface area contributed by atoms with E-state index in [4.69, 9.17) is 0 Å². The van der Waals surface area contributed by atoms with E-state index in [1.165, 1.54) is 16.2 Å². The molecule has 0 fully saturated rings. The highest BCUT2D eigenvalue weighted by molar-refractivity contribution is 14.0. The molecular formula is C15H24IN5O2S3. The maximum absolute atomic E-state index is 12.0. The van der Waals surface area contributed by atoms with Gasteiger partial charge in [0, 0.05) is 24.5 Å². The maximum Gasteiger partial charge on any atom is 0.250 e. The van der Waals surface area contributed by atoms with Crippen LogP contribution in [-0.2, 0) is 16.6 Å². The molecule has 0 amide bonds. The van der Waals surface area contributed by atoms with Crippen LogP contribution in [0, 0.1) is 13.8 Å². The van der Waals surface area contributed by atoms with E-state index in [1.54, 1.807) is 28.8 Å². The van der Waals surface area contributed by atoms with Crippen LogP contribution in [0.3, 0.4) is 0 Å². The van der Waals surface area contributed by atoms with Gasteiger partial charge < -0.3 is 10.6 Å². The Morgan fingerprint density at radius 1 is 1.27 bits per heavy atom. The zero-order chi connectivity index (χ0) is 18.3. The fourth-order valence-corrected chi connectivity index (χ4v) is 4.88. The highest BCUT2D eigenvalue weighted by atomic mass is 127. The molecule has 0 atom stereocenters. The molecule has 2 heterocycles. The average Bonchev–Trinajstić information content (AvgIpc) is 3.20. The van der Waals surface area contributed by atoms with Crippen molar-refractivity contribution in [3.05, 3.63) is 33.1 Å². The van der Waals surface area contributed by atoms with Crippen LogP contribution in [0.1, 0.15) is 22.5 Å². The van der Waals surface area contributed by atoms with Crippen molar-refractivity contribution in [2.75, 3.05) is 19.6 Å². The van der Waals surface area contributed by atoms with Crippen LogP contribution in [-0.4, -0.2) is 39.0 Å². The molecule has 0 radical (unpaired) electrons. The topological polar surface area (TPSA) is 95.5 Å². The number of aromatic nitrogens is 1. The first kappa shape index (κ1) is 23.3. The Balaban J connectivity index is 0.00000338. The number of aliphatic imine (C=N–C) groups is 1. The number of sulfonamides is 1. The summed E-state index contributed by atoms with van der Waals surface area (Å²) >= 11 is 2.84. The molecule has 0 saturated heterocycles. The molecule has 3 N–H and O–H groups in total. The third-order valence-electron chi connectivity index (χ3n) is 3.26. The van der Waals surface area contributed by atoms with Crippen LogP contribution in [0.15, 0.2) is 26.7 Å². The third-order valence-corrected chi connectivity index (χ3v) is 7.18. The van der Waals surface area contributed by atoms with Gasteiger partial charge in [-0.15, -0.1) is 46.7 Å². The van der Waals surface area contributed by atoms with E-state index >= 15 is 0 Å². The minimum atomic E-state index is -3.42. The molecule has 0 bridgehead atoms. The van der Waals surface area contributed by atoms with Crippen LogP contribution in [0.2, 0.25) is 0 Å². The fourth-order valence-electron chi connectivity index (χ4n) is 1.95. The molecule has 2 aromatic heterocycles. The number of nitrogens with zero attached hydrogens (tertiary/aromatic N) is 2. The summed E-state index contributed by atoms with van der Waals surface area (Å²) < 4.78 is 26.9. The number of hydrogen-bond acceptors (Lipinski definition) is 6. The van der Waals surface area contributed by atoms with Crippen LogP contribution in [0.5, 0.6) is 0 Å². The minimum absolute atomic E-state index is 0. The fraction of sp³-hybridized carbons (Fsp3) is 0.467. The van der Waals surface area contributed by atoms with E-state index in [9.17, 15) is 8.42 Å². The normalized spacial score (nSPS) is 11.9. The summed E-state index contributed by atoms with van der Waals surface area (Å²) in [4.78, 5) is 10.2. The number of guanidine groups is 1. The van der Waals surface area contributed by atoms with Crippen LogP contribution < -0.4 is 15.4 Å². The minimum Gasteiger partial charge on any atom is -0.357 e. The quantitative estimate of drug-likeness (QED) is 0.212. The van der Waals surface area contributed by atoms with E-state index in [0.717, 1.165) is 17.2 Å². The summed E-state index contributed by atoms with van der Waals surface area (Å²) in [6, 6.07) is 3.30. The van der Waals surface area contributed by atoms with Gasteiger partial charge in [-0.05, 0) is 32.2 Å². The highest BCUT2D eigenvalue weighted by Crippen LogP contribution is 2.17. The number of halogens is 1. The van der Waals surface area contributed by atoms with Gasteiger partial charge in [0.25, 0.3) is 0 Å². The van der Waals surface area contributed by atoms with E-state index in [-0.39, 0.29) is 30.5 Å². The summed E-state index contributed by atoms with van der Waals surface area (Å²) in [7, 11) is -3.42. The second-order valence-electron chi connectivity index (χ2n) is 5.20. The third kappa shape index (κ3) is 7.10. The lowest BCUT2D eigenvalue weighted by Crippen LogP contribution is -2.41. The van der Waals surface area contributed by atoms with E-state index in [1.807, 2.05) is 20.8 Å². The van der Waals surface area contributed by atoms with Gasteiger partial charge in [-0.1, -0.05) is 6.07 Å². The van der Waals surface area contributed by atoms with Gasteiger partial charge in [-0.2, -0.15) is 0 Å². The van der Waals surface area contributed by atoms with Gasteiger partial charge >= 0.3 is 0 Å². The average molecular weight is 529 g/mol. The molecule has 0 unspecified atom stereocenters. The lowest BCUT2D eigenvalue weighted by atomic mass is 10.4. The lowest BCUT2D eigenvalue weighted by molar-refractivity contribution is 0.582. The molecule has 26 heavy (non-hydrogen) atoms. The predicted molar refractivity (Wildman–Crippen MR) is 119 cm³/mol. The van der Waals surface area contributed by atoms with Crippen molar-refractivity contribution in [3.8, 4) is 0 Å². The Hall–Kier alpha value is -0.760. The molecule has 7 nitrogen and oxygen atoms in total. The van der Waals surface area contributed by atoms with Crippen molar-refractivity contribution in [1.29, 1.82) is 0 Å². The molecule has 0 aromatic carbocycles. The first-order chi connectivity index (χ1) is 11.9. The monoisotopic (exact) mass is 529 g/mol. The van der Waals surface area contributed by atoms with Crippen molar-refractivity contribution in [3.63, 3.8) is 0 Å². The predicted octanol–water partition coefficient (Wildman–Crippen LogP) is 2.47. The Morgan fingerprint density at radius 2 is 2.04 bits per heavy atom. The van der Waals surface area contributed by atoms with Gasteiger partial charge in [0.05, 0.1) is 12.2 Å². The summed E-state index contributed by atoms with van der Waals surface area (Å²) in [6.07, 6.45) is 0. The molecule has 2 rings (SSSR count). The van der Waals surface area contributed by atoms with Gasteiger partial charge in [-0.3, -0.25) is 0 Å². The maximum atomic E-state index is 12.0. The van der Waals surface area contributed by atoms with Crippen molar-refractivity contribution >= 4 is 62.6 Å². The number of rotatable bonds is 8. The first-order valence-corrected chi connectivity index (χ1v) is 11.1. The van der Waals surface area contributed by atoms with Crippen LogP contribution in [0.4, 0.5) is 0 Å². The summed E-state index contributed by atoms with van der Waals surface area (Å²) in [5.41, 5.74) is 1.04. The van der Waals surface area contributed by atoms with Crippen molar-refractivity contribution < 1.29 is 8.42 Å². The van der Waals surface area contributed by atoms with Gasteiger partial charge in [0.15, 0.2) is 5.96 Å². The largest absolute Gasteiger partial charge is 0.357 e. The molecule has 2 aromatic rings. The Kier molecular flexibility index (Phi) is 10.00. The van der Waals surface area contributed by atoms with Crippen LogP contribution in [0.25, 0.3) is 0 Å². The second kappa shape index (κ2) is 11.2. The molecular weight excluding hydrogens is 505 g/mol. The molecule has 11 heteroatoms. The highest BCUT2D eigenvalue weighted by Gasteiger charge is 2.13. The summed E-state index contributed by atoms with van der Waals surface area (Å²) in [6.45, 7) is 7.95. The first-order valence-electron chi connectivity index (χ1n) is 7.90. The molecule has 0 aliphatic carbocycles. The van der Waals surface area contributed by atoms with E-state index < -0.39 is 10.0 Å². The van der Waals surface area contributed by atoms with Gasteiger partial charge in [-0.25, -0.2) is 23.1 Å². The zero-order valence-corrected chi connectivity index (χ0v) is 19.7. The van der Waals surface area contributed by atoms with Crippen LogP contribution >= 0.6 is 46.7 Å². The SMILES string of the molecule is CCNC(=NCc1nc(C)c(C)s1)NCCNS(=O)(=O)c1cccs1.I. The Morgan fingerprint density at radius 3 is 2.62 bits per heavy atom. The van der Waals surface area contributed by atoms with Crippen molar-refractivity contribution in [2.24, 2.45) is 4.99 Å². The molecule has 0 aliphatic heterocycles. The van der Waals surface area contributed by atoms with E-state index in [2.05, 4.69) is 25.3 Å². The molecule has 146 valence electrons. The standard InChI is InChI=1S/C15H23N5O2S3.HI/c1-4-16-15(18-10-13-20-11(2)12(3)24-13)17-7-8-19-25(21,22)14-6-5-9-23-14;/h5-6,9,19H,4,7-8,10H2,1-3H3,(H2,16,17,18);1H. The Labute approximate surface area is 179 Å². The number of thiazole rings is 1. The number of aryl methyl sites for hydroxylation is 2. The van der Waals surface area contributed by atoms with Crippen molar-refractivity contribution in [2.45, 2.75) is 31.5 Å². The number of nitrogens with one attached hydrogen (secondary N) is 3.